The van der Waals surface area contributed by atoms with Crippen molar-refractivity contribution in [3.63, 3.8) is 0 Å². The highest BCUT2D eigenvalue weighted by atomic mass is 16.7. The van der Waals surface area contributed by atoms with E-state index in [4.69, 9.17) is 23.7 Å². The highest BCUT2D eigenvalue weighted by molar-refractivity contribution is 5.85. The maximum atomic E-state index is 12.7. The Hall–Kier alpha value is -1.44. The van der Waals surface area contributed by atoms with Crippen LogP contribution in [0.3, 0.4) is 0 Å². The zero-order chi connectivity index (χ0) is 18.9. The van der Waals surface area contributed by atoms with Gasteiger partial charge in [0, 0.05) is 26.2 Å². The molecule has 4 aliphatic rings. The number of epoxide rings is 1. The third-order valence-electron chi connectivity index (χ3n) is 7.07. The van der Waals surface area contributed by atoms with Crippen molar-refractivity contribution in [1.82, 2.24) is 0 Å². The van der Waals surface area contributed by atoms with Crippen LogP contribution in [0, 0.1) is 16.7 Å². The van der Waals surface area contributed by atoms with Gasteiger partial charge in [0.15, 0.2) is 11.9 Å². The quantitative estimate of drug-likeness (QED) is 0.323. The second kappa shape index (κ2) is 5.53. The molecule has 0 amide bonds. The largest absolute Gasteiger partial charge is 0.466 e. The van der Waals surface area contributed by atoms with E-state index in [1.807, 2.05) is 6.92 Å². The van der Waals surface area contributed by atoms with Gasteiger partial charge in [0.2, 0.25) is 0 Å². The van der Waals surface area contributed by atoms with E-state index in [0.717, 1.165) is 24.8 Å². The van der Waals surface area contributed by atoms with Crippen LogP contribution in [0.1, 0.15) is 33.1 Å². The summed E-state index contributed by atoms with van der Waals surface area (Å²) in [4.78, 5) is 24.9. The lowest BCUT2D eigenvalue weighted by Crippen LogP contribution is -2.58. The number of ether oxygens (including phenoxy) is 5. The summed E-state index contributed by atoms with van der Waals surface area (Å²) in [6.45, 7) is 4.08. The Labute approximate surface area is 152 Å². The fourth-order valence-corrected chi connectivity index (χ4v) is 6.02. The van der Waals surface area contributed by atoms with Crippen LogP contribution in [0.15, 0.2) is 11.6 Å². The molecule has 7 heteroatoms. The Morgan fingerprint density at radius 3 is 2.46 bits per heavy atom. The van der Waals surface area contributed by atoms with Gasteiger partial charge in [-0.15, -0.1) is 0 Å². The molecule has 7 nitrogen and oxygen atoms in total. The predicted molar refractivity (Wildman–Crippen MR) is 88.9 cm³/mol. The first-order valence-electron chi connectivity index (χ1n) is 9.04. The molecule has 6 atom stereocenters. The fourth-order valence-electron chi connectivity index (χ4n) is 6.02. The Bertz CT molecular complexity index is 683. The average molecular weight is 366 g/mol. The average Bonchev–Trinajstić information content (AvgIpc) is 3.28. The van der Waals surface area contributed by atoms with Gasteiger partial charge in [-0.05, 0) is 30.8 Å². The monoisotopic (exact) mass is 366 g/mol. The minimum absolute atomic E-state index is 0.0536. The molecule has 0 bridgehead atoms. The molecule has 0 aromatic rings. The van der Waals surface area contributed by atoms with Crippen LogP contribution in [0.25, 0.3) is 0 Å². The number of esters is 2. The van der Waals surface area contributed by atoms with Gasteiger partial charge in [-0.3, -0.25) is 4.79 Å². The number of rotatable bonds is 4. The first-order valence-corrected chi connectivity index (χ1v) is 9.04. The van der Waals surface area contributed by atoms with E-state index in [9.17, 15) is 9.59 Å². The normalized spacial score (nSPS) is 47.4. The Morgan fingerprint density at radius 1 is 1.19 bits per heavy atom. The van der Waals surface area contributed by atoms with Gasteiger partial charge in [-0.1, -0.05) is 13.3 Å². The van der Waals surface area contributed by atoms with Gasteiger partial charge in [0.05, 0.1) is 12.5 Å². The van der Waals surface area contributed by atoms with Gasteiger partial charge in [0.1, 0.15) is 12.2 Å². The van der Waals surface area contributed by atoms with Crippen LogP contribution in [-0.4, -0.2) is 57.4 Å². The summed E-state index contributed by atoms with van der Waals surface area (Å²) < 4.78 is 27.9. The Balaban J connectivity index is 1.90. The molecule has 0 aromatic carbocycles. The summed E-state index contributed by atoms with van der Waals surface area (Å²) in [6.07, 6.45) is 2.55. The molecule has 0 unspecified atom stereocenters. The number of carbonyl (C=O) groups excluding carboxylic acids is 2. The SMILES string of the molecule is COC(=O)C=C1[C@]2(C(OC)OC)O[C@@H]2[C@H]2OC(=O)[C@@]3(C)CCC[C@@]1(C)[C@@H]23. The molecule has 26 heavy (non-hydrogen) atoms. The van der Waals surface area contributed by atoms with Crippen LogP contribution in [0.2, 0.25) is 0 Å². The van der Waals surface area contributed by atoms with E-state index in [2.05, 4.69) is 6.92 Å². The molecule has 0 N–H and O–H groups in total. The third-order valence-corrected chi connectivity index (χ3v) is 7.07. The molecule has 2 aliphatic heterocycles. The number of fused-ring (bicyclic) bond motifs is 2. The van der Waals surface area contributed by atoms with E-state index >= 15 is 0 Å². The zero-order valence-electron chi connectivity index (χ0n) is 15.9. The molecule has 0 radical (unpaired) electrons. The molecule has 2 saturated carbocycles. The molecule has 0 spiro atoms. The molecule has 4 fully saturated rings. The summed E-state index contributed by atoms with van der Waals surface area (Å²) in [5, 5.41) is 0. The number of carbonyl (C=O) groups is 2. The Morgan fingerprint density at radius 2 is 1.85 bits per heavy atom. The lowest BCUT2D eigenvalue weighted by atomic mass is 9.48. The van der Waals surface area contributed by atoms with E-state index in [0.29, 0.717) is 0 Å². The molecular formula is C19H26O7. The zero-order valence-corrected chi connectivity index (χ0v) is 15.9. The van der Waals surface area contributed by atoms with Crippen LogP contribution in [-0.2, 0) is 33.3 Å². The maximum Gasteiger partial charge on any atom is 0.330 e. The highest BCUT2D eigenvalue weighted by Crippen LogP contribution is 2.71. The van der Waals surface area contributed by atoms with E-state index in [-0.39, 0.29) is 24.1 Å². The molecule has 2 saturated heterocycles. The van der Waals surface area contributed by atoms with Crippen molar-refractivity contribution in [2.45, 2.75) is 57.2 Å². The third kappa shape index (κ3) is 1.94. The molecule has 2 aliphatic carbocycles. The minimum atomic E-state index is -0.934. The number of methoxy groups -OCH3 is 3. The first-order chi connectivity index (χ1) is 12.3. The Kier molecular flexibility index (Phi) is 3.82. The number of hydrogen-bond donors (Lipinski definition) is 0. The highest BCUT2D eigenvalue weighted by Gasteiger charge is 2.82. The summed E-state index contributed by atoms with van der Waals surface area (Å²) in [5.41, 5.74) is -1.15. The van der Waals surface area contributed by atoms with Gasteiger partial charge in [-0.25, -0.2) is 4.79 Å². The van der Waals surface area contributed by atoms with Crippen molar-refractivity contribution in [3.8, 4) is 0 Å². The van der Waals surface area contributed by atoms with Gasteiger partial charge >= 0.3 is 11.9 Å². The van der Waals surface area contributed by atoms with Crippen molar-refractivity contribution < 1.29 is 33.3 Å². The molecule has 4 rings (SSSR count). The summed E-state index contributed by atoms with van der Waals surface area (Å²) in [5.74, 6) is -0.674. The maximum absolute atomic E-state index is 12.7. The second-order valence-electron chi connectivity index (χ2n) is 8.25. The first kappa shape index (κ1) is 17.9. The minimum Gasteiger partial charge on any atom is -0.466 e. The molecule has 0 aromatic heterocycles. The van der Waals surface area contributed by atoms with Gasteiger partial charge < -0.3 is 23.7 Å². The lowest BCUT2D eigenvalue weighted by molar-refractivity contribution is -0.149. The van der Waals surface area contributed by atoms with Crippen molar-refractivity contribution in [3.05, 3.63) is 11.6 Å². The van der Waals surface area contributed by atoms with Crippen LogP contribution < -0.4 is 0 Å². The van der Waals surface area contributed by atoms with Crippen LogP contribution >= 0.6 is 0 Å². The second-order valence-corrected chi connectivity index (χ2v) is 8.25. The summed E-state index contributed by atoms with van der Waals surface area (Å²) in [6, 6.07) is 0. The smallest absolute Gasteiger partial charge is 0.330 e. The van der Waals surface area contributed by atoms with Gasteiger partial charge in [0.25, 0.3) is 0 Å². The molecule has 2 heterocycles. The van der Waals surface area contributed by atoms with E-state index in [1.54, 1.807) is 0 Å². The topological polar surface area (TPSA) is 83.6 Å². The fraction of sp³-hybridized carbons (Fsp3) is 0.789. The van der Waals surface area contributed by atoms with Crippen molar-refractivity contribution in [2.75, 3.05) is 21.3 Å². The van der Waals surface area contributed by atoms with Gasteiger partial charge in [-0.2, -0.15) is 0 Å². The molecular weight excluding hydrogens is 340 g/mol. The van der Waals surface area contributed by atoms with Crippen LogP contribution in [0.5, 0.6) is 0 Å². The molecule has 144 valence electrons. The van der Waals surface area contributed by atoms with Crippen molar-refractivity contribution >= 4 is 11.9 Å². The standard InChI is InChI=1S/C19H26O7/c1-17-7-6-8-18(2)13(17)12(25-15(18)21)14-19(26-14,16(23-4)24-5)10(17)9-11(20)22-3/h9,12-14,16H,6-8H2,1-5H3/t12-,13+,14+,17+,18-,19-/m0/s1. The van der Waals surface area contributed by atoms with Crippen molar-refractivity contribution in [1.29, 1.82) is 0 Å². The number of hydrogen-bond acceptors (Lipinski definition) is 7. The lowest BCUT2D eigenvalue weighted by Gasteiger charge is -2.52. The van der Waals surface area contributed by atoms with Crippen molar-refractivity contribution in [2.24, 2.45) is 16.7 Å². The summed E-state index contributed by atoms with van der Waals surface area (Å²) >= 11 is 0. The van der Waals surface area contributed by atoms with E-state index in [1.165, 1.54) is 27.4 Å². The van der Waals surface area contributed by atoms with E-state index < -0.39 is 28.7 Å². The van der Waals surface area contributed by atoms with Crippen LogP contribution in [0.4, 0.5) is 0 Å². The predicted octanol–water partition coefficient (Wildman–Crippen LogP) is 1.59. The summed E-state index contributed by atoms with van der Waals surface area (Å²) in [7, 11) is 4.43.